The normalized spacial score (nSPS) is 16.6. The van der Waals surface area contributed by atoms with Crippen molar-refractivity contribution in [2.75, 3.05) is 38.2 Å². The molecule has 0 radical (unpaired) electrons. The van der Waals surface area contributed by atoms with Gasteiger partial charge in [0.2, 0.25) is 15.9 Å². The zero-order chi connectivity index (χ0) is 20.0. The number of thiophene rings is 1. The highest BCUT2D eigenvalue weighted by Crippen LogP contribution is 2.24. The van der Waals surface area contributed by atoms with Crippen LogP contribution in [-0.2, 0) is 19.6 Å². The molecule has 7 nitrogen and oxygen atoms in total. The molecule has 9 heteroatoms. The molecule has 1 aromatic heterocycles. The summed E-state index contributed by atoms with van der Waals surface area (Å²) in [7, 11) is -3.65. The molecule has 1 amide bonds. The Bertz CT molecular complexity index is 861. The number of hydrogen-bond donors (Lipinski definition) is 2. The second-order valence-electron chi connectivity index (χ2n) is 6.50. The maximum Gasteiger partial charge on any atom is 0.240 e. The molecule has 1 unspecified atom stereocenters. The van der Waals surface area contributed by atoms with Crippen LogP contribution in [0.2, 0.25) is 0 Å². The molecule has 3 rings (SSSR count). The third kappa shape index (κ3) is 5.39. The minimum atomic E-state index is -3.65. The van der Waals surface area contributed by atoms with E-state index in [-0.39, 0.29) is 23.4 Å². The number of rotatable bonds is 8. The first-order valence-corrected chi connectivity index (χ1v) is 11.7. The third-order valence-corrected chi connectivity index (χ3v) is 6.79. The largest absolute Gasteiger partial charge is 0.379 e. The Morgan fingerprint density at radius 2 is 1.93 bits per heavy atom. The summed E-state index contributed by atoms with van der Waals surface area (Å²) in [6.45, 7) is 4.89. The Morgan fingerprint density at radius 1 is 1.21 bits per heavy atom. The molecule has 28 heavy (non-hydrogen) atoms. The number of nitrogens with zero attached hydrogens (tertiary/aromatic N) is 1. The summed E-state index contributed by atoms with van der Waals surface area (Å²) in [4.78, 5) is 13.9. The number of carbonyl (C=O) groups is 1. The predicted molar refractivity (Wildman–Crippen MR) is 110 cm³/mol. The minimum Gasteiger partial charge on any atom is -0.379 e. The van der Waals surface area contributed by atoms with Gasteiger partial charge in [0.05, 0.1) is 18.1 Å². The fourth-order valence-electron chi connectivity index (χ4n) is 3.05. The van der Waals surface area contributed by atoms with Crippen LogP contribution in [0.3, 0.4) is 0 Å². The number of benzene rings is 1. The predicted octanol–water partition coefficient (Wildman–Crippen LogP) is 2.45. The van der Waals surface area contributed by atoms with E-state index in [0.29, 0.717) is 25.3 Å². The number of morpholine rings is 1. The number of ether oxygens (including phenoxy) is 1. The molecule has 0 bridgehead atoms. The van der Waals surface area contributed by atoms with E-state index in [1.165, 1.54) is 12.1 Å². The van der Waals surface area contributed by atoms with Crippen LogP contribution < -0.4 is 10.0 Å². The fraction of sp³-hybridized carbons (Fsp3) is 0.421. The summed E-state index contributed by atoms with van der Waals surface area (Å²) in [5.41, 5.74) is 1.68. The molecule has 1 aliphatic heterocycles. The Labute approximate surface area is 169 Å². The van der Waals surface area contributed by atoms with Crippen molar-refractivity contribution in [2.45, 2.75) is 24.3 Å². The molecule has 1 saturated heterocycles. The molecular weight excluding hydrogens is 398 g/mol. The molecule has 1 atom stereocenters. The molecule has 2 N–H and O–H groups in total. The Hall–Kier alpha value is -1.78. The van der Waals surface area contributed by atoms with E-state index in [4.69, 9.17) is 4.74 Å². The minimum absolute atomic E-state index is 0.0342. The zero-order valence-electron chi connectivity index (χ0n) is 15.8. The van der Waals surface area contributed by atoms with Crippen molar-refractivity contribution in [1.82, 2.24) is 9.62 Å². The first-order chi connectivity index (χ1) is 13.5. The highest BCUT2D eigenvalue weighted by Gasteiger charge is 2.25. The summed E-state index contributed by atoms with van der Waals surface area (Å²) in [6.07, 6.45) is 0.368. The number of nitrogens with one attached hydrogen (secondary N) is 2. The van der Waals surface area contributed by atoms with E-state index in [1.54, 1.807) is 30.4 Å². The van der Waals surface area contributed by atoms with Crippen molar-refractivity contribution >= 4 is 33.0 Å². The number of hydrogen-bond acceptors (Lipinski definition) is 6. The molecule has 2 aromatic rings. The van der Waals surface area contributed by atoms with Gasteiger partial charge in [0.15, 0.2) is 0 Å². The van der Waals surface area contributed by atoms with Crippen molar-refractivity contribution in [3.05, 3.63) is 46.7 Å². The summed E-state index contributed by atoms with van der Waals surface area (Å²) in [6, 6.07) is 8.20. The smallest absolute Gasteiger partial charge is 0.240 e. The van der Waals surface area contributed by atoms with Gasteiger partial charge in [0.25, 0.3) is 0 Å². The van der Waals surface area contributed by atoms with Crippen LogP contribution in [0.4, 0.5) is 5.69 Å². The van der Waals surface area contributed by atoms with E-state index in [9.17, 15) is 13.2 Å². The van der Waals surface area contributed by atoms with Gasteiger partial charge in [-0.3, -0.25) is 9.69 Å². The van der Waals surface area contributed by atoms with E-state index >= 15 is 0 Å². The van der Waals surface area contributed by atoms with E-state index in [0.717, 1.165) is 18.7 Å². The topological polar surface area (TPSA) is 87.7 Å². The lowest BCUT2D eigenvalue weighted by molar-refractivity contribution is -0.115. The maximum atomic E-state index is 12.7. The Balaban J connectivity index is 1.69. The third-order valence-electron chi connectivity index (χ3n) is 4.65. The molecule has 0 spiro atoms. The van der Waals surface area contributed by atoms with Gasteiger partial charge >= 0.3 is 0 Å². The summed E-state index contributed by atoms with van der Waals surface area (Å²) < 4.78 is 33.6. The van der Waals surface area contributed by atoms with Crippen LogP contribution in [-0.4, -0.2) is 52.1 Å². The molecule has 2 heterocycles. The number of sulfonamides is 1. The van der Waals surface area contributed by atoms with Gasteiger partial charge in [-0.2, -0.15) is 11.3 Å². The van der Waals surface area contributed by atoms with Crippen LogP contribution in [0.15, 0.2) is 46.0 Å². The lowest BCUT2D eigenvalue weighted by Crippen LogP contribution is -2.43. The fourth-order valence-corrected chi connectivity index (χ4v) is 4.80. The van der Waals surface area contributed by atoms with Crippen LogP contribution in [0.25, 0.3) is 0 Å². The van der Waals surface area contributed by atoms with Crippen LogP contribution in [0.1, 0.15) is 24.9 Å². The number of amides is 1. The molecule has 1 aliphatic rings. The summed E-state index contributed by atoms with van der Waals surface area (Å²) in [5.74, 6) is -0.113. The van der Waals surface area contributed by atoms with Crippen LogP contribution >= 0.6 is 11.3 Å². The average Bonchev–Trinajstić information content (AvgIpc) is 3.24. The van der Waals surface area contributed by atoms with Crippen LogP contribution in [0, 0.1) is 0 Å². The molecule has 0 saturated carbocycles. The molecule has 0 aliphatic carbocycles. The van der Waals surface area contributed by atoms with Gasteiger partial charge in [0.1, 0.15) is 0 Å². The van der Waals surface area contributed by atoms with Crippen molar-refractivity contribution < 1.29 is 17.9 Å². The quantitative estimate of drug-likeness (QED) is 0.681. The molecule has 152 valence electrons. The maximum absolute atomic E-state index is 12.7. The lowest BCUT2D eigenvalue weighted by atomic mass is 10.1. The van der Waals surface area contributed by atoms with Crippen molar-refractivity contribution in [1.29, 1.82) is 0 Å². The lowest BCUT2D eigenvalue weighted by Gasteiger charge is -2.34. The highest BCUT2D eigenvalue weighted by atomic mass is 32.2. The Kier molecular flexibility index (Phi) is 7.19. The first-order valence-electron chi connectivity index (χ1n) is 9.23. The van der Waals surface area contributed by atoms with Gasteiger partial charge in [-0.05, 0) is 46.7 Å². The van der Waals surface area contributed by atoms with Crippen molar-refractivity contribution in [2.24, 2.45) is 0 Å². The molecule has 1 aromatic carbocycles. The van der Waals surface area contributed by atoms with Gasteiger partial charge in [-0.1, -0.05) is 6.92 Å². The average molecular weight is 424 g/mol. The van der Waals surface area contributed by atoms with E-state index < -0.39 is 10.0 Å². The van der Waals surface area contributed by atoms with Gasteiger partial charge < -0.3 is 10.1 Å². The summed E-state index contributed by atoms with van der Waals surface area (Å²) in [5, 5.41) is 6.77. The number of carbonyl (C=O) groups excluding carboxylic acids is 1. The second-order valence-corrected chi connectivity index (χ2v) is 9.05. The standard InChI is InChI=1S/C19H25N3O4S2/c1-2-19(23)21-16-3-5-17(6-4-16)28(24,25)20-13-18(15-7-12-27-14-15)22-8-10-26-11-9-22/h3-7,12,14,18,20H,2,8-11,13H2,1H3,(H,21,23). The first kappa shape index (κ1) is 20.9. The molecular formula is C19H25N3O4S2. The SMILES string of the molecule is CCC(=O)Nc1ccc(S(=O)(=O)NCC(c2ccsc2)N2CCOCC2)cc1. The van der Waals surface area contributed by atoms with Gasteiger partial charge in [-0.15, -0.1) is 0 Å². The van der Waals surface area contributed by atoms with Crippen molar-refractivity contribution in [3.8, 4) is 0 Å². The number of anilines is 1. The Morgan fingerprint density at radius 3 is 2.54 bits per heavy atom. The van der Waals surface area contributed by atoms with Gasteiger partial charge in [-0.25, -0.2) is 13.1 Å². The van der Waals surface area contributed by atoms with Crippen LogP contribution in [0.5, 0.6) is 0 Å². The van der Waals surface area contributed by atoms with E-state index in [2.05, 4.69) is 20.3 Å². The highest BCUT2D eigenvalue weighted by molar-refractivity contribution is 7.89. The summed E-state index contributed by atoms with van der Waals surface area (Å²) >= 11 is 1.60. The molecule has 1 fully saturated rings. The second kappa shape index (κ2) is 9.62. The van der Waals surface area contributed by atoms with E-state index in [1.807, 2.05) is 11.4 Å². The monoisotopic (exact) mass is 423 g/mol. The zero-order valence-corrected chi connectivity index (χ0v) is 17.4. The van der Waals surface area contributed by atoms with Gasteiger partial charge in [0, 0.05) is 37.8 Å². The van der Waals surface area contributed by atoms with Crippen molar-refractivity contribution in [3.63, 3.8) is 0 Å².